The highest BCUT2D eigenvalue weighted by atomic mass is 127. The molecular formula is C26H22INO4S2. The van der Waals surface area contributed by atoms with Gasteiger partial charge in [-0.2, -0.15) is 0 Å². The maximum atomic E-state index is 13.2. The number of carbonyl (C=O) groups excluding carboxylic acids is 1. The van der Waals surface area contributed by atoms with Crippen molar-refractivity contribution in [3.63, 3.8) is 0 Å². The molecule has 3 aromatic rings. The van der Waals surface area contributed by atoms with E-state index < -0.39 is 0 Å². The second-order valence-corrected chi connectivity index (χ2v) is 10.1. The summed E-state index contributed by atoms with van der Waals surface area (Å²) in [5.41, 5.74) is 2.62. The van der Waals surface area contributed by atoms with E-state index in [1.54, 1.807) is 12.0 Å². The van der Waals surface area contributed by atoms with Gasteiger partial charge in [0.25, 0.3) is 5.91 Å². The molecule has 34 heavy (non-hydrogen) atoms. The number of rotatable bonds is 8. The molecule has 1 aliphatic heterocycles. The summed E-state index contributed by atoms with van der Waals surface area (Å²) < 4.78 is 18.5. The van der Waals surface area contributed by atoms with Crippen LogP contribution in [-0.2, 0) is 11.4 Å². The Labute approximate surface area is 222 Å². The molecule has 0 radical (unpaired) electrons. The van der Waals surface area contributed by atoms with Crippen LogP contribution in [0.3, 0.4) is 0 Å². The maximum Gasteiger partial charge on any atom is 0.270 e. The van der Waals surface area contributed by atoms with E-state index in [0.29, 0.717) is 39.6 Å². The minimum Gasteiger partial charge on any atom is -0.494 e. The summed E-state index contributed by atoms with van der Waals surface area (Å²) in [7, 11) is 1.61. The molecule has 0 spiro atoms. The lowest BCUT2D eigenvalue weighted by atomic mass is 10.1. The maximum absolute atomic E-state index is 13.2. The van der Waals surface area contributed by atoms with Crippen molar-refractivity contribution in [3.05, 3.63) is 86.3 Å². The molecule has 0 atom stereocenters. The molecule has 1 heterocycles. The van der Waals surface area contributed by atoms with Gasteiger partial charge < -0.3 is 14.2 Å². The summed E-state index contributed by atoms with van der Waals surface area (Å²) in [4.78, 5) is 15.3. The summed E-state index contributed by atoms with van der Waals surface area (Å²) in [5.74, 6) is 1.88. The number of hydrogen-bond donors (Lipinski definition) is 0. The second-order valence-electron chi connectivity index (χ2n) is 7.25. The molecule has 0 bridgehead atoms. The van der Waals surface area contributed by atoms with Gasteiger partial charge in [0.1, 0.15) is 12.4 Å². The van der Waals surface area contributed by atoms with Gasteiger partial charge in [0, 0.05) is 0 Å². The zero-order chi connectivity index (χ0) is 24.1. The topological polar surface area (TPSA) is 48.0 Å². The third kappa shape index (κ3) is 5.56. The molecule has 4 rings (SSSR count). The average molecular weight is 604 g/mol. The zero-order valence-electron chi connectivity index (χ0n) is 18.6. The van der Waals surface area contributed by atoms with Gasteiger partial charge in [-0.15, -0.1) is 0 Å². The summed E-state index contributed by atoms with van der Waals surface area (Å²) >= 11 is 9.01. The van der Waals surface area contributed by atoms with Crippen molar-refractivity contribution in [3.8, 4) is 17.2 Å². The summed E-state index contributed by atoms with van der Waals surface area (Å²) in [6.07, 6.45) is 1.83. The van der Waals surface area contributed by atoms with Gasteiger partial charge in [0.05, 0.1) is 27.9 Å². The van der Waals surface area contributed by atoms with Gasteiger partial charge in [-0.25, -0.2) is 0 Å². The van der Waals surface area contributed by atoms with Crippen molar-refractivity contribution in [2.75, 3.05) is 18.6 Å². The first-order chi connectivity index (χ1) is 16.5. The Balaban J connectivity index is 1.55. The van der Waals surface area contributed by atoms with Crippen LogP contribution in [-0.4, -0.2) is 23.9 Å². The lowest BCUT2D eigenvalue weighted by molar-refractivity contribution is -0.113. The van der Waals surface area contributed by atoms with E-state index in [-0.39, 0.29) is 5.91 Å². The number of ether oxygens (including phenoxy) is 3. The summed E-state index contributed by atoms with van der Waals surface area (Å²) in [6.45, 7) is 2.95. The first kappa shape index (κ1) is 24.6. The molecule has 0 aliphatic carbocycles. The van der Waals surface area contributed by atoms with Crippen molar-refractivity contribution in [1.82, 2.24) is 0 Å². The zero-order valence-corrected chi connectivity index (χ0v) is 22.4. The second kappa shape index (κ2) is 11.2. The predicted molar refractivity (Wildman–Crippen MR) is 150 cm³/mol. The molecule has 5 nitrogen and oxygen atoms in total. The van der Waals surface area contributed by atoms with E-state index in [9.17, 15) is 4.79 Å². The molecule has 1 saturated heterocycles. The van der Waals surface area contributed by atoms with Crippen molar-refractivity contribution >= 4 is 68.6 Å². The van der Waals surface area contributed by atoms with Crippen molar-refractivity contribution < 1.29 is 19.0 Å². The lowest BCUT2D eigenvalue weighted by Crippen LogP contribution is -2.27. The van der Waals surface area contributed by atoms with E-state index >= 15 is 0 Å². The van der Waals surface area contributed by atoms with Gasteiger partial charge in [-0.1, -0.05) is 54.3 Å². The van der Waals surface area contributed by atoms with Crippen LogP contribution in [0.4, 0.5) is 5.69 Å². The van der Waals surface area contributed by atoms with Crippen molar-refractivity contribution in [2.45, 2.75) is 13.5 Å². The largest absolute Gasteiger partial charge is 0.494 e. The number of amides is 1. The van der Waals surface area contributed by atoms with E-state index in [1.807, 2.05) is 79.7 Å². The number of methoxy groups -OCH3 is 1. The Bertz CT molecular complexity index is 1230. The van der Waals surface area contributed by atoms with Crippen molar-refractivity contribution in [2.24, 2.45) is 0 Å². The fourth-order valence-electron chi connectivity index (χ4n) is 3.39. The number of thiocarbonyl (C=S) groups is 1. The molecule has 174 valence electrons. The van der Waals surface area contributed by atoms with Crippen LogP contribution in [0.2, 0.25) is 0 Å². The number of thioether (sulfide) groups is 1. The first-order valence-electron chi connectivity index (χ1n) is 10.5. The molecule has 8 heteroatoms. The number of hydrogen-bond acceptors (Lipinski definition) is 6. The smallest absolute Gasteiger partial charge is 0.270 e. The van der Waals surface area contributed by atoms with Crippen LogP contribution >= 0.6 is 46.6 Å². The normalized spacial score (nSPS) is 14.6. The highest BCUT2D eigenvalue weighted by molar-refractivity contribution is 14.1. The summed E-state index contributed by atoms with van der Waals surface area (Å²) in [6, 6.07) is 21.1. The third-order valence-electron chi connectivity index (χ3n) is 4.98. The molecule has 0 aromatic heterocycles. The monoisotopic (exact) mass is 603 g/mol. The van der Waals surface area contributed by atoms with Gasteiger partial charge in [0.2, 0.25) is 0 Å². The van der Waals surface area contributed by atoms with E-state index in [0.717, 1.165) is 20.4 Å². The molecule has 3 aromatic carbocycles. The SMILES string of the molecule is CCOc1ccc(N2C(=O)/C(=C\c3cc(I)c(OCc4ccccc4)c(OC)c3)SC2=S)cc1. The van der Waals surface area contributed by atoms with Gasteiger partial charge in [0.15, 0.2) is 15.8 Å². The molecule has 1 fully saturated rings. The minimum atomic E-state index is -0.155. The molecule has 1 amide bonds. The Hall–Kier alpha value is -2.56. The number of carbonyl (C=O) groups is 1. The van der Waals surface area contributed by atoms with Crippen molar-refractivity contribution in [1.29, 1.82) is 0 Å². The standard InChI is InChI=1S/C26H22INO4S2/c1-3-31-20-11-9-19(10-12-20)28-25(29)23(34-26(28)33)15-18-13-21(27)24(22(14-18)30-2)32-16-17-7-5-4-6-8-17/h4-15H,3,16H2,1-2H3/b23-15+. The van der Waals surface area contributed by atoms with Crippen LogP contribution in [0.1, 0.15) is 18.1 Å². The fraction of sp³-hybridized carbons (Fsp3) is 0.154. The first-order valence-corrected chi connectivity index (χ1v) is 12.9. The molecule has 0 saturated carbocycles. The van der Waals surface area contributed by atoms with E-state index in [4.69, 9.17) is 26.4 Å². The Kier molecular flexibility index (Phi) is 8.12. The quantitative estimate of drug-likeness (QED) is 0.163. The Morgan fingerprint density at radius 2 is 1.79 bits per heavy atom. The minimum absolute atomic E-state index is 0.155. The summed E-state index contributed by atoms with van der Waals surface area (Å²) in [5, 5.41) is 0. The highest BCUT2D eigenvalue weighted by Crippen LogP contribution is 2.39. The van der Waals surface area contributed by atoms with Crippen LogP contribution in [0.15, 0.2) is 71.6 Å². The van der Waals surface area contributed by atoms with Crippen LogP contribution in [0.5, 0.6) is 17.2 Å². The van der Waals surface area contributed by atoms with Gasteiger partial charge in [-0.05, 0) is 83.1 Å². The molecular weight excluding hydrogens is 581 g/mol. The van der Waals surface area contributed by atoms with E-state index in [1.165, 1.54) is 11.8 Å². The number of nitrogens with zero attached hydrogens (tertiary/aromatic N) is 1. The van der Waals surface area contributed by atoms with Crippen LogP contribution in [0.25, 0.3) is 6.08 Å². The molecule has 0 unspecified atom stereocenters. The average Bonchev–Trinajstić information content (AvgIpc) is 3.12. The van der Waals surface area contributed by atoms with Gasteiger partial charge >= 0.3 is 0 Å². The molecule has 1 aliphatic rings. The Morgan fingerprint density at radius 1 is 1.06 bits per heavy atom. The van der Waals surface area contributed by atoms with Crippen LogP contribution in [0, 0.1) is 3.57 Å². The number of halogens is 1. The number of anilines is 1. The Morgan fingerprint density at radius 3 is 2.47 bits per heavy atom. The van der Waals surface area contributed by atoms with E-state index in [2.05, 4.69) is 22.6 Å². The van der Waals surface area contributed by atoms with Gasteiger partial charge in [-0.3, -0.25) is 9.69 Å². The third-order valence-corrected chi connectivity index (χ3v) is 7.08. The highest BCUT2D eigenvalue weighted by Gasteiger charge is 2.33. The lowest BCUT2D eigenvalue weighted by Gasteiger charge is -2.15. The number of benzene rings is 3. The predicted octanol–water partition coefficient (Wildman–Crippen LogP) is 6.68. The fourth-order valence-corrected chi connectivity index (χ4v) is 5.47. The molecule has 0 N–H and O–H groups in total. The van der Waals surface area contributed by atoms with Crippen LogP contribution < -0.4 is 19.1 Å².